The van der Waals surface area contributed by atoms with Gasteiger partial charge in [-0.15, -0.1) is 0 Å². The van der Waals surface area contributed by atoms with Gasteiger partial charge in [-0.25, -0.2) is 0 Å². The van der Waals surface area contributed by atoms with Crippen LogP contribution in [-0.2, 0) is 11.2 Å². The molecule has 4 nitrogen and oxygen atoms in total. The van der Waals surface area contributed by atoms with E-state index in [0.29, 0.717) is 17.9 Å². The maximum absolute atomic E-state index is 12.5. The molecule has 152 valence electrons. The third-order valence-electron chi connectivity index (χ3n) is 6.86. The van der Waals surface area contributed by atoms with Gasteiger partial charge in [0.05, 0.1) is 0 Å². The van der Waals surface area contributed by atoms with E-state index >= 15 is 0 Å². The third kappa shape index (κ3) is 5.36. The number of hydrogen-bond acceptors (Lipinski definition) is 2. The molecule has 2 saturated carbocycles. The van der Waals surface area contributed by atoms with Crippen molar-refractivity contribution in [3.63, 3.8) is 0 Å². The number of likely N-dealkylation sites (tertiary alicyclic amines) is 1. The highest BCUT2D eigenvalue weighted by Crippen LogP contribution is 2.29. The van der Waals surface area contributed by atoms with Crippen molar-refractivity contribution in [2.24, 2.45) is 11.8 Å². The Balaban J connectivity index is 1.18. The smallest absolute Gasteiger partial charge is 0.251 e. The van der Waals surface area contributed by atoms with Gasteiger partial charge in [0.2, 0.25) is 5.91 Å². The quantitative estimate of drug-likeness (QED) is 0.763. The zero-order valence-electron chi connectivity index (χ0n) is 17.0. The number of nitrogens with one attached hydrogen (secondary N) is 1. The Bertz CT molecular complexity index is 666. The van der Waals surface area contributed by atoms with Crippen LogP contribution in [-0.4, -0.2) is 35.8 Å². The van der Waals surface area contributed by atoms with Crippen molar-refractivity contribution in [2.75, 3.05) is 13.1 Å². The molecule has 4 heteroatoms. The molecule has 28 heavy (non-hydrogen) atoms. The minimum atomic E-state index is 0.0541. The monoisotopic (exact) mass is 382 g/mol. The van der Waals surface area contributed by atoms with Crippen LogP contribution in [0.1, 0.15) is 80.1 Å². The molecule has 2 amide bonds. The first-order chi connectivity index (χ1) is 13.7. The lowest BCUT2D eigenvalue weighted by atomic mass is 9.89. The van der Waals surface area contributed by atoms with E-state index < -0.39 is 0 Å². The largest absolute Gasteiger partial charge is 0.349 e. The van der Waals surface area contributed by atoms with Gasteiger partial charge in [0.15, 0.2) is 0 Å². The zero-order valence-corrected chi connectivity index (χ0v) is 17.0. The topological polar surface area (TPSA) is 49.4 Å². The van der Waals surface area contributed by atoms with Crippen molar-refractivity contribution in [3.05, 3.63) is 35.4 Å². The average molecular weight is 383 g/mol. The summed E-state index contributed by atoms with van der Waals surface area (Å²) in [6, 6.07) is 8.50. The van der Waals surface area contributed by atoms with Crippen LogP contribution in [0.4, 0.5) is 0 Å². The fourth-order valence-corrected chi connectivity index (χ4v) is 4.79. The standard InChI is InChI=1S/C24H34N2O2/c27-23(12-7-18-3-1-2-4-18)26-15-13-20(14-16-26)17-19-5-8-21(9-6-19)24(28)25-22-10-11-22/h5-6,8-9,18,20,22H,1-4,7,10-17H2,(H,25,28). The summed E-state index contributed by atoms with van der Waals surface area (Å²) in [5.41, 5.74) is 2.06. The van der Waals surface area contributed by atoms with Gasteiger partial charge in [0, 0.05) is 31.1 Å². The molecule has 0 atom stereocenters. The maximum atomic E-state index is 12.5. The predicted molar refractivity (Wildman–Crippen MR) is 111 cm³/mol. The molecule has 0 aromatic heterocycles. The molecule has 1 aromatic rings. The van der Waals surface area contributed by atoms with Gasteiger partial charge in [-0.2, -0.15) is 0 Å². The van der Waals surface area contributed by atoms with E-state index in [4.69, 9.17) is 0 Å². The lowest BCUT2D eigenvalue weighted by molar-refractivity contribution is -0.132. The van der Waals surface area contributed by atoms with Crippen LogP contribution in [0.25, 0.3) is 0 Å². The van der Waals surface area contributed by atoms with Gasteiger partial charge < -0.3 is 10.2 Å². The Kier molecular flexibility index (Phi) is 6.33. The minimum absolute atomic E-state index is 0.0541. The first-order valence-corrected chi connectivity index (χ1v) is 11.3. The molecular weight excluding hydrogens is 348 g/mol. The van der Waals surface area contributed by atoms with Crippen molar-refractivity contribution in [3.8, 4) is 0 Å². The van der Waals surface area contributed by atoms with Crippen LogP contribution in [0, 0.1) is 11.8 Å². The number of carbonyl (C=O) groups is 2. The second kappa shape index (κ2) is 9.11. The molecular formula is C24H34N2O2. The predicted octanol–water partition coefficient (Wildman–Crippen LogP) is 4.33. The number of hydrogen-bond donors (Lipinski definition) is 1. The summed E-state index contributed by atoms with van der Waals surface area (Å²) in [5, 5.41) is 3.04. The van der Waals surface area contributed by atoms with E-state index in [1.54, 1.807) is 0 Å². The summed E-state index contributed by atoms with van der Waals surface area (Å²) in [6.07, 6.45) is 12.7. The zero-order chi connectivity index (χ0) is 19.3. The molecule has 0 bridgehead atoms. The molecule has 1 aliphatic heterocycles. The van der Waals surface area contributed by atoms with Gasteiger partial charge in [-0.05, 0) is 68.1 Å². The lowest BCUT2D eigenvalue weighted by Crippen LogP contribution is -2.38. The van der Waals surface area contributed by atoms with Gasteiger partial charge in [0.25, 0.3) is 5.91 Å². The second-order valence-corrected chi connectivity index (χ2v) is 9.16. The summed E-state index contributed by atoms with van der Waals surface area (Å²) in [7, 11) is 0. The van der Waals surface area contributed by atoms with Crippen LogP contribution < -0.4 is 5.32 Å². The van der Waals surface area contributed by atoms with E-state index in [1.165, 1.54) is 31.2 Å². The van der Waals surface area contributed by atoms with E-state index in [9.17, 15) is 9.59 Å². The van der Waals surface area contributed by atoms with E-state index in [2.05, 4.69) is 22.3 Å². The van der Waals surface area contributed by atoms with E-state index in [1.807, 2.05) is 12.1 Å². The SMILES string of the molecule is O=C(NC1CC1)c1ccc(CC2CCN(C(=O)CCC3CCCC3)CC2)cc1. The van der Waals surface area contributed by atoms with Crippen LogP contribution in [0.15, 0.2) is 24.3 Å². The highest BCUT2D eigenvalue weighted by molar-refractivity contribution is 5.94. The van der Waals surface area contributed by atoms with E-state index in [-0.39, 0.29) is 5.91 Å². The first-order valence-electron chi connectivity index (χ1n) is 11.3. The Morgan fingerprint density at radius 3 is 2.21 bits per heavy atom. The number of benzene rings is 1. The number of piperidine rings is 1. The van der Waals surface area contributed by atoms with Gasteiger partial charge in [0.1, 0.15) is 0 Å². The van der Waals surface area contributed by atoms with Crippen molar-refractivity contribution >= 4 is 11.8 Å². The number of carbonyl (C=O) groups excluding carboxylic acids is 2. The molecule has 1 aromatic carbocycles. The first kappa shape index (κ1) is 19.5. The minimum Gasteiger partial charge on any atom is -0.349 e. The number of rotatable bonds is 7. The van der Waals surface area contributed by atoms with Gasteiger partial charge >= 0.3 is 0 Å². The summed E-state index contributed by atoms with van der Waals surface area (Å²) >= 11 is 0. The Labute approximate surface area is 169 Å². The number of amides is 2. The highest BCUT2D eigenvalue weighted by Gasteiger charge is 2.25. The molecule has 2 aliphatic carbocycles. The van der Waals surface area contributed by atoms with Crippen LogP contribution in [0.5, 0.6) is 0 Å². The molecule has 0 radical (unpaired) electrons. The molecule has 4 rings (SSSR count). The van der Waals surface area contributed by atoms with E-state index in [0.717, 1.165) is 69.5 Å². The van der Waals surface area contributed by atoms with Gasteiger partial charge in [-0.1, -0.05) is 37.8 Å². The summed E-state index contributed by atoms with van der Waals surface area (Å²) in [4.78, 5) is 26.7. The average Bonchev–Trinajstić information content (AvgIpc) is 3.37. The van der Waals surface area contributed by atoms with Crippen LogP contribution in [0.2, 0.25) is 0 Å². The molecule has 1 saturated heterocycles. The third-order valence-corrected chi connectivity index (χ3v) is 6.86. The van der Waals surface area contributed by atoms with Crippen molar-refractivity contribution in [1.29, 1.82) is 0 Å². The van der Waals surface area contributed by atoms with Crippen LogP contribution >= 0.6 is 0 Å². The Morgan fingerprint density at radius 2 is 1.57 bits per heavy atom. The molecule has 0 spiro atoms. The normalized spacial score (nSPS) is 21.1. The van der Waals surface area contributed by atoms with Crippen LogP contribution in [0.3, 0.4) is 0 Å². The molecule has 0 unspecified atom stereocenters. The summed E-state index contributed by atoms with van der Waals surface area (Å²) in [6.45, 7) is 1.83. The van der Waals surface area contributed by atoms with Gasteiger partial charge in [-0.3, -0.25) is 9.59 Å². The molecule has 3 fully saturated rings. The molecule has 1 heterocycles. The highest BCUT2D eigenvalue weighted by atomic mass is 16.2. The van der Waals surface area contributed by atoms with Crippen molar-refractivity contribution in [1.82, 2.24) is 10.2 Å². The summed E-state index contributed by atoms with van der Waals surface area (Å²) < 4.78 is 0. The fourth-order valence-electron chi connectivity index (χ4n) is 4.79. The van der Waals surface area contributed by atoms with Crippen molar-refractivity contribution in [2.45, 2.75) is 76.7 Å². The lowest BCUT2D eigenvalue weighted by Gasteiger charge is -2.32. The molecule has 1 N–H and O–H groups in total. The Hall–Kier alpha value is -1.84. The molecule has 3 aliphatic rings. The fraction of sp³-hybridized carbons (Fsp3) is 0.667. The Morgan fingerprint density at radius 1 is 0.893 bits per heavy atom. The maximum Gasteiger partial charge on any atom is 0.251 e. The second-order valence-electron chi connectivity index (χ2n) is 9.16. The summed E-state index contributed by atoms with van der Waals surface area (Å²) in [5.74, 6) is 1.87. The number of nitrogens with zero attached hydrogens (tertiary/aromatic N) is 1. The van der Waals surface area contributed by atoms with Crippen molar-refractivity contribution < 1.29 is 9.59 Å².